The van der Waals surface area contributed by atoms with Crippen LogP contribution in [0.25, 0.3) is 0 Å². The van der Waals surface area contributed by atoms with Crippen LogP contribution in [0.5, 0.6) is 0 Å². The fourth-order valence-corrected chi connectivity index (χ4v) is 4.15. The lowest BCUT2D eigenvalue weighted by Gasteiger charge is -2.06. The van der Waals surface area contributed by atoms with Gasteiger partial charge in [0.05, 0.1) is 15.4 Å². The summed E-state index contributed by atoms with van der Waals surface area (Å²) in [6, 6.07) is 12.5. The van der Waals surface area contributed by atoms with E-state index in [0.717, 1.165) is 23.5 Å². The molecule has 0 amide bonds. The van der Waals surface area contributed by atoms with E-state index in [1.165, 1.54) is 23.5 Å². The molecule has 9 heteroatoms. The Balaban J connectivity index is 1.72. The molecular weight excluding hydrogens is 400 g/mol. The normalized spacial score (nSPS) is 10.5. The molecule has 0 atom stereocenters. The van der Waals surface area contributed by atoms with E-state index in [9.17, 15) is 19.7 Å². The van der Waals surface area contributed by atoms with Gasteiger partial charge < -0.3 is 4.74 Å². The molecule has 7 nitrogen and oxygen atoms in total. The molecule has 0 N–H and O–H groups in total. The van der Waals surface area contributed by atoms with Crippen molar-refractivity contribution in [3.05, 3.63) is 80.8 Å². The van der Waals surface area contributed by atoms with Gasteiger partial charge in [0.2, 0.25) is 0 Å². The van der Waals surface area contributed by atoms with Crippen molar-refractivity contribution < 1.29 is 19.2 Å². The molecule has 3 rings (SSSR count). The van der Waals surface area contributed by atoms with Crippen LogP contribution in [0, 0.1) is 17.0 Å². The first-order valence-corrected chi connectivity index (χ1v) is 9.77. The minimum atomic E-state index is -0.797. The zero-order valence-electron chi connectivity index (χ0n) is 14.7. The number of nitrogens with zero attached hydrogens (tertiary/aromatic N) is 2. The van der Waals surface area contributed by atoms with Crippen LogP contribution >= 0.6 is 23.1 Å². The smallest absolute Gasteiger partial charge is 0.338 e. The van der Waals surface area contributed by atoms with Crippen LogP contribution in [0.1, 0.15) is 26.4 Å². The number of hydrogen-bond donors (Lipinski definition) is 0. The largest absolute Gasteiger partial charge is 0.454 e. The number of esters is 1. The highest BCUT2D eigenvalue weighted by Gasteiger charge is 2.20. The average Bonchev–Trinajstić information content (AvgIpc) is 3.11. The minimum absolute atomic E-state index is 0.00670. The standard InChI is InChI=1S/C19H14N2O5S2/c1-12-11-27-19(20-12)28-17-8-7-14(9-15(17)21(24)25)18(23)26-10-16(22)13-5-3-2-4-6-13/h2-9,11H,10H2,1H3. The van der Waals surface area contributed by atoms with Crippen molar-refractivity contribution >= 4 is 40.5 Å². The Bertz CT molecular complexity index is 1030. The highest BCUT2D eigenvalue weighted by molar-refractivity contribution is 8.01. The number of nitro groups is 1. The fraction of sp³-hybridized carbons (Fsp3) is 0.105. The van der Waals surface area contributed by atoms with Gasteiger partial charge in [-0.15, -0.1) is 11.3 Å². The molecule has 0 aliphatic rings. The van der Waals surface area contributed by atoms with E-state index in [4.69, 9.17) is 4.74 Å². The van der Waals surface area contributed by atoms with Gasteiger partial charge in [-0.1, -0.05) is 42.1 Å². The molecule has 2 aromatic carbocycles. The second-order valence-electron chi connectivity index (χ2n) is 5.66. The molecule has 0 unspecified atom stereocenters. The molecule has 0 saturated heterocycles. The number of thiazole rings is 1. The maximum atomic E-state index is 12.2. The summed E-state index contributed by atoms with van der Waals surface area (Å²) in [6.07, 6.45) is 0. The third kappa shape index (κ3) is 4.81. The second-order valence-corrected chi connectivity index (χ2v) is 7.81. The van der Waals surface area contributed by atoms with Crippen molar-refractivity contribution in [1.82, 2.24) is 4.98 Å². The molecule has 0 fully saturated rings. The first-order chi connectivity index (χ1) is 13.4. The summed E-state index contributed by atoms with van der Waals surface area (Å²) in [4.78, 5) is 39.7. The Morgan fingerprint density at radius 2 is 1.93 bits per heavy atom. The molecule has 1 aromatic heterocycles. The van der Waals surface area contributed by atoms with Crippen LogP contribution in [0.3, 0.4) is 0 Å². The van der Waals surface area contributed by atoms with Gasteiger partial charge in [0.15, 0.2) is 16.7 Å². The third-order valence-corrected chi connectivity index (χ3v) is 5.74. The highest BCUT2D eigenvalue weighted by Crippen LogP contribution is 2.36. The maximum absolute atomic E-state index is 12.2. The maximum Gasteiger partial charge on any atom is 0.338 e. The molecule has 28 heavy (non-hydrogen) atoms. The van der Waals surface area contributed by atoms with E-state index >= 15 is 0 Å². The first-order valence-electron chi connectivity index (χ1n) is 8.08. The Labute approximate surface area is 168 Å². The van der Waals surface area contributed by atoms with Crippen LogP contribution in [0.15, 0.2) is 63.1 Å². The lowest BCUT2D eigenvalue weighted by molar-refractivity contribution is -0.387. The van der Waals surface area contributed by atoms with Crippen molar-refractivity contribution in [3.63, 3.8) is 0 Å². The summed E-state index contributed by atoms with van der Waals surface area (Å²) in [5, 5.41) is 13.3. The first kappa shape index (κ1) is 19.7. The van der Waals surface area contributed by atoms with E-state index in [2.05, 4.69) is 4.98 Å². The quantitative estimate of drug-likeness (QED) is 0.242. The SMILES string of the molecule is Cc1csc(Sc2ccc(C(=O)OCC(=O)c3ccccc3)cc2[N+](=O)[O-])n1. The van der Waals surface area contributed by atoms with Gasteiger partial charge in [0, 0.05) is 22.7 Å². The van der Waals surface area contributed by atoms with E-state index in [-0.39, 0.29) is 17.0 Å². The van der Waals surface area contributed by atoms with Gasteiger partial charge in [-0.05, 0) is 19.1 Å². The van der Waals surface area contributed by atoms with Gasteiger partial charge in [-0.2, -0.15) is 0 Å². The number of rotatable bonds is 7. The third-order valence-electron chi connectivity index (χ3n) is 3.62. The molecule has 0 spiro atoms. The molecule has 0 aliphatic heterocycles. The van der Waals surface area contributed by atoms with E-state index in [1.807, 2.05) is 12.3 Å². The molecule has 0 aliphatic carbocycles. The van der Waals surface area contributed by atoms with Crippen LogP contribution in [-0.2, 0) is 4.74 Å². The number of nitro benzene ring substituents is 1. The van der Waals surface area contributed by atoms with Crippen molar-refractivity contribution in [3.8, 4) is 0 Å². The van der Waals surface area contributed by atoms with Crippen LogP contribution < -0.4 is 0 Å². The number of carbonyl (C=O) groups excluding carboxylic acids is 2. The van der Waals surface area contributed by atoms with Gasteiger partial charge in [-0.3, -0.25) is 14.9 Å². The summed E-state index contributed by atoms with van der Waals surface area (Å²) >= 11 is 2.54. The number of Topliss-reactive ketones (excluding diaryl/α,β-unsaturated/α-hetero) is 1. The summed E-state index contributed by atoms with van der Waals surface area (Å²) in [5.41, 5.74) is 1.04. The highest BCUT2D eigenvalue weighted by atomic mass is 32.2. The number of aryl methyl sites for hydroxylation is 1. The van der Waals surface area contributed by atoms with Crippen LogP contribution in [-0.4, -0.2) is 28.3 Å². The average molecular weight is 414 g/mol. The molecule has 0 radical (unpaired) electrons. The van der Waals surface area contributed by atoms with Crippen molar-refractivity contribution in [2.24, 2.45) is 0 Å². The summed E-state index contributed by atoms with van der Waals surface area (Å²) in [7, 11) is 0. The predicted octanol–water partition coefficient (Wildman–Crippen LogP) is 4.55. The minimum Gasteiger partial charge on any atom is -0.454 e. The summed E-state index contributed by atoms with van der Waals surface area (Å²) < 4.78 is 5.68. The van der Waals surface area contributed by atoms with Crippen molar-refractivity contribution in [1.29, 1.82) is 0 Å². The number of ether oxygens (including phenoxy) is 1. The summed E-state index contributed by atoms with van der Waals surface area (Å²) in [6.45, 7) is 1.40. The van der Waals surface area contributed by atoms with Gasteiger partial charge >= 0.3 is 5.97 Å². The Morgan fingerprint density at radius 3 is 2.57 bits per heavy atom. The van der Waals surface area contributed by atoms with Crippen molar-refractivity contribution in [2.45, 2.75) is 16.2 Å². The van der Waals surface area contributed by atoms with Crippen LogP contribution in [0.4, 0.5) is 5.69 Å². The Morgan fingerprint density at radius 1 is 1.18 bits per heavy atom. The number of hydrogen-bond acceptors (Lipinski definition) is 8. The Hall–Kier alpha value is -3.04. The summed E-state index contributed by atoms with van der Waals surface area (Å²) in [5.74, 6) is -1.15. The zero-order valence-corrected chi connectivity index (χ0v) is 16.3. The van der Waals surface area contributed by atoms with Crippen LogP contribution in [0.2, 0.25) is 0 Å². The molecule has 0 bridgehead atoms. The number of carbonyl (C=O) groups is 2. The second kappa shape index (κ2) is 8.77. The lowest BCUT2D eigenvalue weighted by atomic mass is 10.1. The van der Waals surface area contributed by atoms with Crippen molar-refractivity contribution in [2.75, 3.05) is 6.61 Å². The number of benzene rings is 2. The zero-order chi connectivity index (χ0) is 20.1. The Kier molecular flexibility index (Phi) is 6.17. The van der Waals surface area contributed by atoms with E-state index in [1.54, 1.807) is 30.3 Å². The molecular formula is C19H14N2O5S2. The van der Waals surface area contributed by atoms with E-state index in [0.29, 0.717) is 14.8 Å². The molecule has 1 heterocycles. The number of ketones is 1. The fourth-order valence-electron chi connectivity index (χ4n) is 2.27. The van der Waals surface area contributed by atoms with E-state index < -0.39 is 17.5 Å². The number of aromatic nitrogens is 1. The predicted molar refractivity (Wildman–Crippen MR) is 105 cm³/mol. The molecule has 0 saturated carbocycles. The molecule has 3 aromatic rings. The topological polar surface area (TPSA) is 99.4 Å². The lowest BCUT2D eigenvalue weighted by Crippen LogP contribution is -2.14. The van der Waals surface area contributed by atoms with Gasteiger partial charge in [-0.25, -0.2) is 9.78 Å². The van der Waals surface area contributed by atoms with Gasteiger partial charge in [0.25, 0.3) is 5.69 Å². The molecule has 142 valence electrons. The monoisotopic (exact) mass is 414 g/mol. The van der Waals surface area contributed by atoms with Gasteiger partial charge in [0.1, 0.15) is 0 Å².